The molecule has 0 saturated heterocycles. The van der Waals surface area contributed by atoms with Crippen molar-refractivity contribution in [2.75, 3.05) is 11.5 Å². The van der Waals surface area contributed by atoms with E-state index >= 15 is 0 Å². The minimum absolute atomic E-state index is 0.227. The predicted molar refractivity (Wildman–Crippen MR) is 82.8 cm³/mol. The predicted octanol–water partition coefficient (Wildman–Crippen LogP) is 3.58. The number of pyridine rings is 1. The van der Waals surface area contributed by atoms with E-state index < -0.39 is 0 Å². The van der Waals surface area contributed by atoms with Gasteiger partial charge >= 0.3 is 0 Å². The molecule has 2 rings (SSSR count). The summed E-state index contributed by atoms with van der Waals surface area (Å²) in [5, 5.41) is 18.5. The Kier molecular flexibility index (Phi) is 4.62. The van der Waals surface area contributed by atoms with Crippen molar-refractivity contribution in [2.45, 2.75) is 5.03 Å². The molecule has 0 aliphatic carbocycles. The number of nitrogen functional groups attached to an aromatic ring is 1. The maximum absolute atomic E-state index is 9.37. The highest BCUT2D eigenvalue weighted by Gasteiger charge is 2.13. The first kappa shape index (κ1) is 14.4. The number of halogens is 1. The van der Waals surface area contributed by atoms with E-state index in [0.717, 1.165) is 15.6 Å². The number of nitriles is 2. The number of aromatic nitrogens is 1. The second kappa shape index (κ2) is 6.42. The van der Waals surface area contributed by atoms with Crippen molar-refractivity contribution < 1.29 is 0 Å². The number of rotatable bonds is 3. The van der Waals surface area contributed by atoms with Gasteiger partial charge in [-0.25, -0.2) is 4.98 Å². The first-order chi connectivity index (χ1) is 9.65. The molecule has 2 aromatic rings. The molecule has 2 N–H and O–H groups in total. The van der Waals surface area contributed by atoms with Gasteiger partial charge in [-0.2, -0.15) is 10.5 Å². The first-order valence-electron chi connectivity index (χ1n) is 5.62. The van der Waals surface area contributed by atoms with Crippen LogP contribution >= 0.6 is 27.7 Å². The van der Waals surface area contributed by atoms with Gasteiger partial charge in [-0.15, -0.1) is 0 Å². The van der Waals surface area contributed by atoms with Crippen LogP contribution in [0.2, 0.25) is 0 Å². The zero-order valence-electron chi connectivity index (χ0n) is 10.3. The monoisotopic (exact) mass is 344 g/mol. The molecule has 0 unspecified atom stereocenters. The molecule has 0 fully saturated rings. The van der Waals surface area contributed by atoms with E-state index in [1.165, 1.54) is 11.8 Å². The van der Waals surface area contributed by atoms with Crippen molar-refractivity contribution in [2.24, 2.45) is 0 Å². The van der Waals surface area contributed by atoms with E-state index in [1.807, 2.05) is 30.3 Å². The van der Waals surface area contributed by atoms with Gasteiger partial charge in [-0.05, 0) is 23.8 Å². The van der Waals surface area contributed by atoms with E-state index in [9.17, 15) is 5.26 Å². The van der Waals surface area contributed by atoms with Crippen molar-refractivity contribution in [3.05, 3.63) is 40.4 Å². The van der Waals surface area contributed by atoms with Gasteiger partial charge in [0.1, 0.15) is 16.9 Å². The van der Waals surface area contributed by atoms with E-state index in [4.69, 9.17) is 11.0 Å². The molecular weight excluding hydrogens is 336 g/mol. The molecule has 6 heteroatoms. The minimum Gasteiger partial charge on any atom is -0.384 e. The van der Waals surface area contributed by atoms with Gasteiger partial charge in [-0.1, -0.05) is 39.8 Å². The Morgan fingerprint density at radius 1 is 1.25 bits per heavy atom. The Morgan fingerprint density at radius 2 is 1.95 bits per heavy atom. The lowest BCUT2D eigenvalue weighted by molar-refractivity contribution is 1.12. The molecule has 4 nitrogen and oxygen atoms in total. The Hall–Kier alpha value is -2.02. The third kappa shape index (κ3) is 3.11. The Morgan fingerprint density at radius 3 is 2.55 bits per heavy atom. The highest BCUT2D eigenvalue weighted by Crippen LogP contribution is 2.32. The fourth-order valence-electron chi connectivity index (χ4n) is 1.71. The lowest BCUT2D eigenvalue weighted by atomic mass is 10.0. The number of benzene rings is 1. The van der Waals surface area contributed by atoms with Crippen LogP contribution in [0.4, 0.5) is 5.82 Å². The Labute approximate surface area is 129 Å². The van der Waals surface area contributed by atoms with Crippen LogP contribution in [0.25, 0.3) is 11.1 Å². The molecule has 0 radical (unpaired) electrons. The third-order valence-corrected chi connectivity index (χ3v) is 3.92. The summed E-state index contributed by atoms with van der Waals surface area (Å²) in [5.41, 5.74) is 7.86. The van der Waals surface area contributed by atoms with Crippen LogP contribution in [0.3, 0.4) is 0 Å². The summed E-state index contributed by atoms with van der Waals surface area (Å²) in [5.74, 6) is 0.563. The zero-order valence-corrected chi connectivity index (χ0v) is 12.7. The van der Waals surface area contributed by atoms with Gasteiger partial charge < -0.3 is 5.73 Å². The molecule has 0 atom stereocenters. The lowest BCUT2D eigenvalue weighted by Crippen LogP contribution is -1.98. The Balaban J connectivity index is 2.58. The number of anilines is 1. The molecule has 0 bridgehead atoms. The lowest BCUT2D eigenvalue weighted by Gasteiger charge is -2.09. The summed E-state index contributed by atoms with van der Waals surface area (Å²) in [6.45, 7) is 0. The molecule has 1 aromatic heterocycles. The highest BCUT2D eigenvalue weighted by atomic mass is 79.9. The number of nitrogens with zero attached hydrogens (tertiary/aromatic N) is 3. The summed E-state index contributed by atoms with van der Waals surface area (Å²) in [6.07, 6.45) is 0. The fraction of sp³-hybridized carbons (Fsp3) is 0.0714. The van der Waals surface area contributed by atoms with Crippen molar-refractivity contribution >= 4 is 33.5 Å². The molecule has 0 aliphatic rings. The third-order valence-electron chi connectivity index (χ3n) is 2.55. The average Bonchev–Trinajstić information content (AvgIpc) is 2.45. The van der Waals surface area contributed by atoms with Crippen molar-refractivity contribution in [3.63, 3.8) is 0 Å². The normalized spacial score (nSPS) is 9.75. The minimum atomic E-state index is 0.227. The zero-order chi connectivity index (χ0) is 14.5. The largest absolute Gasteiger partial charge is 0.384 e. The number of nitrogens with two attached hydrogens (primary N) is 1. The second-order valence-corrected chi connectivity index (χ2v) is 5.72. The summed E-state index contributed by atoms with van der Waals surface area (Å²) in [6, 6.07) is 13.5. The van der Waals surface area contributed by atoms with Crippen LogP contribution < -0.4 is 5.73 Å². The van der Waals surface area contributed by atoms with E-state index in [0.29, 0.717) is 16.4 Å². The van der Waals surface area contributed by atoms with Gasteiger partial charge in [0.25, 0.3) is 0 Å². The van der Waals surface area contributed by atoms with Gasteiger partial charge in [0.05, 0.1) is 17.4 Å². The fourth-order valence-corrected chi connectivity index (χ4v) is 2.65. The molecular formula is C14H9BrN4S. The van der Waals surface area contributed by atoms with Gasteiger partial charge in [-0.3, -0.25) is 0 Å². The van der Waals surface area contributed by atoms with Crippen LogP contribution in [-0.2, 0) is 0 Å². The topological polar surface area (TPSA) is 86.5 Å². The van der Waals surface area contributed by atoms with Crippen LogP contribution in [0.1, 0.15) is 5.56 Å². The van der Waals surface area contributed by atoms with Crippen LogP contribution in [0.5, 0.6) is 0 Å². The van der Waals surface area contributed by atoms with Gasteiger partial charge in [0.15, 0.2) is 0 Å². The average molecular weight is 345 g/mol. The van der Waals surface area contributed by atoms with Gasteiger partial charge in [0, 0.05) is 10.0 Å². The summed E-state index contributed by atoms with van der Waals surface area (Å²) < 4.78 is 0.959. The Bertz CT molecular complexity index is 714. The summed E-state index contributed by atoms with van der Waals surface area (Å²) in [7, 11) is 0. The van der Waals surface area contributed by atoms with E-state index in [2.05, 4.69) is 27.0 Å². The van der Waals surface area contributed by atoms with Gasteiger partial charge in [0.2, 0.25) is 0 Å². The van der Waals surface area contributed by atoms with Crippen LogP contribution in [-0.4, -0.2) is 10.7 Å². The quantitative estimate of drug-likeness (QED) is 0.859. The number of thioether (sulfide) groups is 1. The van der Waals surface area contributed by atoms with Crippen LogP contribution in [0.15, 0.2) is 39.8 Å². The summed E-state index contributed by atoms with van der Waals surface area (Å²) >= 11 is 4.59. The summed E-state index contributed by atoms with van der Waals surface area (Å²) in [4.78, 5) is 4.14. The maximum atomic E-state index is 9.37. The highest BCUT2D eigenvalue weighted by molar-refractivity contribution is 9.10. The standard InChI is InChI=1S/C14H9BrN4S/c15-10-3-1-9(2-4-10)11-7-13(18)19-14(12(11)8-17)20-6-5-16/h1-4,7H,6H2,(H2,18,19). The molecule has 20 heavy (non-hydrogen) atoms. The smallest absolute Gasteiger partial charge is 0.125 e. The number of hydrogen-bond acceptors (Lipinski definition) is 5. The van der Waals surface area contributed by atoms with E-state index in [-0.39, 0.29) is 5.75 Å². The van der Waals surface area contributed by atoms with E-state index in [1.54, 1.807) is 6.07 Å². The maximum Gasteiger partial charge on any atom is 0.125 e. The van der Waals surface area contributed by atoms with Crippen molar-refractivity contribution in [3.8, 4) is 23.3 Å². The van der Waals surface area contributed by atoms with Crippen molar-refractivity contribution in [1.82, 2.24) is 4.98 Å². The first-order valence-corrected chi connectivity index (χ1v) is 7.40. The molecule has 0 saturated carbocycles. The molecule has 0 amide bonds. The van der Waals surface area contributed by atoms with Crippen molar-refractivity contribution in [1.29, 1.82) is 10.5 Å². The molecule has 1 heterocycles. The second-order valence-electron chi connectivity index (χ2n) is 3.84. The molecule has 0 spiro atoms. The molecule has 0 aliphatic heterocycles. The number of hydrogen-bond donors (Lipinski definition) is 1. The van der Waals surface area contributed by atoms with Crippen LogP contribution in [0, 0.1) is 22.7 Å². The molecule has 98 valence electrons. The molecule has 1 aromatic carbocycles. The SMILES string of the molecule is N#CCSc1nc(N)cc(-c2ccc(Br)cc2)c1C#N.